The van der Waals surface area contributed by atoms with Gasteiger partial charge in [-0.15, -0.1) is 0 Å². The first-order chi connectivity index (χ1) is 13.4. The van der Waals surface area contributed by atoms with Crippen molar-refractivity contribution in [3.8, 4) is 0 Å². The fourth-order valence-corrected chi connectivity index (χ4v) is 5.92. The highest BCUT2D eigenvalue weighted by Crippen LogP contribution is 2.52. The molecule has 1 amide bonds. The number of hydrogen-bond donors (Lipinski definition) is 0. The third-order valence-corrected chi connectivity index (χ3v) is 8.25. The molecule has 0 aromatic heterocycles. The van der Waals surface area contributed by atoms with Gasteiger partial charge in [0.1, 0.15) is 0 Å². The van der Waals surface area contributed by atoms with Crippen molar-refractivity contribution in [1.29, 1.82) is 0 Å². The van der Waals surface area contributed by atoms with Crippen LogP contribution in [-0.2, 0) is 15.1 Å². The largest absolute Gasteiger partial charge is 0.378 e. The summed E-state index contributed by atoms with van der Waals surface area (Å²) in [5.41, 5.74) is 1.76. The summed E-state index contributed by atoms with van der Waals surface area (Å²) >= 11 is 0. The number of likely N-dealkylation sites (tertiary alicyclic amines) is 1. The summed E-state index contributed by atoms with van der Waals surface area (Å²) in [5, 5.41) is 0. The zero-order chi connectivity index (χ0) is 19.8. The first-order valence-corrected chi connectivity index (χ1v) is 11.0. The minimum absolute atomic E-state index is 0.0516. The molecule has 28 heavy (non-hydrogen) atoms. The van der Waals surface area contributed by atoms with Crippen molar-refractivity contribution in [2.75, 3.05) is 34.3 Å². The maximum Gasteiger partial charge on any atom is 0.223 e. The number of hydrogen-bond acceptors (Lipinski definition) is 3. The number of rotatable bonds is 6. The summed E-state index contributed by atoms with van der Waals surface area (Å²) in [6.07, 6.45) is 9.84. The van der Waals surface area contributed by atoms with E-state index in [1.807, 2.05) is 7.11 Å². The van der Waals surface area contributed by atoms with Crippen molar-refractivity contribution in [2.45, 2.75) is 68.9 Å². The van der Waals surface area contributed by atoms with Gasteiger partial charge in [0, 0.05) is 32.2 Å². The predicted octanol–water partition coefficient (Wildman–Crippen LogP) is 4.20. The third-order valence-electron chi connectivity index (χ3n) is 8.25. The molecular formula is C24H36N2O2. The molecule has 4 rings (SSSR count). The van der Waals surface area contributed by atoms with Crippen molar-refractivity contribution in [2.24, 2.45) is 5.41 Å². The van der Waals surface area contributed by atoms with E-state index in [-0.39, 0.29) is 16.6 Å². The van der Waals surface area contributed by atoms with E-state index in [9.17, 15) is 4.79 Å². The molecule has 4 heteroatoms. The molecule has 2 aliphatic carbocycles. The molecule has 3 aliphatic rings. The summed E-state index contributed by atoms with van der Waals surface area (Å²) in [6, 6.07) is 10.9. The summed E-state index contributed by atoms with van der Waals surface area (Å²) < 4.78 is 5.76. The Hall–Kier alpha value is -1.39. The summed E-state index contributed by atoms with van der Waals surface area (Å²) in [6.45, 7) is 1.82. The fraction of sp³-hybridized carbons (Fsp3) is 0.708. The normalized spacial score (nSPS) is 32.1. The van der Waals surface area contributed by atoms with Crippen molar-refractivity contribution < 1.29 is 9.53 Å². The zero-order valence-electron chi connectivity index (χ0n) is 17.9. The second kappa shape index (κ2) is 7.46. The van der Waals surface area contributed by atoms with E-state index in [0.29, 0.717) is 5.91 Å². The van der Waals surface area contributed by atoms with Crippen LogP contribution in [0.4, 0.5) is 0 Å². The van der Waals surface area contributed by atoms with Gasteiger partial charge in [0.15, 0.2) is 0 Å². The van der Waals surface area contributed by atoms with Gasteiger partial charge >= 0.3 is 0 Å². The summed E-state index contributed by atoms with van der Waals surface area (Å²) in [4.78, 5) is 17.3. The van der Waals surface area contributed by atoms with Gasteiger partial charge in [-0.1, -0.05) is 30.3 Å². The van der Waals surface area contributed by atoms with Gasteiger partial charge in [-0.25, -0.2) is 0 Å². The van der Waals surface area contributed by atoms with Gasteiger partial charge in [-0.2, -0.15) is 0 Å². The molecule has 1 aromatic rings. The number of methoxy groups -OCH3 is 1. The van der Waals surface area contributed by atoms with E-state index < -0.39 is 0 Å². The molecule has 4 nitrogen and oxygen atoms in total. The van der Waals surface area contributed by atoms with Crippen LogP contribution >= 0.6 is 0 Å². The van der Waals surface area contributed by atoms with Gasteiger partial charge < -0.3 is 9.64 Å². The van der Waals surface area contributed by atoms with Gasteiger partial charge in [0.25, 0.3) is 0 Å². The predicted molar refractivity (Wildman–Crippen MR) is 112 cm³/mol. The van der Waals surface area contributed by atoms with Crippen LogP contribution < -0.4 is 0 Å². The van der Waals surface area contributed by atoms with Crippen molar-refractivity contribution in [3.63, 3.8) is 0 Å². The number of carbonyl (C=O) groups excluding carboxylic acids is 1. The van der Waals surface area contributed by atoms with Crippen molar-refractivity contribution in [3.05, 3.63) is 35.9 Å². The quantitative estimate of drug-likeness (QED) is 0.737. The monoisotopic (exact) mass is 384 g/mol. The van der Waals surface area contributed by atoms with Gasteiger partial charge in [-0.3, -0.25) is 9.69 Å². The highest BCUT2D eigenvalue weighted by Gasteiger charge is 2.50. The zero-order valence-corrected chi connectivity index (χ0v) is 17.9. The standard InChI is InChI=1S/C24H36N2O2/c1-25(2)24(20-8-5-4-6-9-20)14-12-22(13-15-24)18-21(27)26(19-22)17-16-23(28-3)10-7-11-23/h4-6,8-9H,7,10-19H2,1-3H3. The smallest absolute Gasteiger partial charge is 0.223 e. The molecule has 1 heterocycles. The average Bonchev–Trinajstić information content (AvgIpc) is 2.98. The fourth-order valence-electron chi connectivity index (χ4n) is 5.92. The van der Waals surface area contributed by atoms with Crippen LogP contribution in [0.3, 0.4) is 0 Å². The first-order valence-electron chi connectivity index (χ1n) is 11.0. The Morgan fingerprint density at radius 2 is 1.71 bits per heavy atom. The topological polar surface area (TPSA) is 32.8 Å². The van der Waals surface area contributed by atoms with Crippen LogP contribution in [0.2, 0.25) is 0 Å². The SMILES string of the molecule is COC1(CCN2CC3(CCC(c4ccccc4)(N(C)C)CC3)CC2=O)CCC1. The molecule has 0 bridgehead atoms. The van der Waals surface area contributed by atoms with Gasteiger partial charge in [0.2, 0.25) is 5.91 Å². The van der Waals surface area contributed by atoms with Crippen LogP contribution in [0.25, 0.3) is 0 Å². The second-order valence-electron chi connectivity index (χ2n) is 9.77. The lowest BCUT2D eigenvalue weighted by atomic mass is 9.64. The Balaban J connectivity index is 1.41. The Morgan fingerprint density at radius 1 is 1.04 bits per heavy atom. The first kappa shape index (κ1) is 19.9. The van der Waals surface area contributed by atoms with E-state index in [4.69, 9.17) is 4.74 Å². The van der Waals surface area contributed by atoms with E-state index in [2.05, 4.69) is 54.2 Å². The van der Waals surface area contributed by atoms with Crippen LogP contribution in [0.5, 0.6) is 0 Å². The minimum atomic E-state index is 0.0516. The Bertz CT molecular complexity index is 682. The Morgan fingerprint density at radius 3 is 2.25 bits per heavy atom. The van der Waals surface area contributed by atoms with Crippen molar-refractivity contribution >= 4 is 5.91 Å². The van der Waals surface area contributed by atoms with Crippen molar-refractivity contribution in [1.82, 2.24) is 9.80 Å². The highest BCUT2D eigenvalue weighted by atomic mass is 16.5. The molecule has 3 fully saturated rings. The number of benzene rings is 1. The lowest BCUT2D eigenvalue weighted by molar-refractivity contribution is -0.129. The van der Waals surface area contributed by atoms with Gasteiger partial charge in [0.05, 0.1) is 5.60 Å². The van der Waals surface area contributed by atoms with E-state index in [0.717, 1.165) is 64.5 Å². The molecule has 154 valence electrons. The number of nitrogens with zero attached hydrogens (tertiary/aromatic N) is 2. The molecule has 0 atom stereocenters. The maximum atomic E-state index is 12.8. The maximum absolute atomic E-state index is 12.8. The van der Waals surface area contributed by atoms with Crippen LogP contribution in [0, 0.1) is 5.41 Å². The molecule has 0 radical (unpaired) electrons. The lowest BCUT2D eigenvalue weighted by Gasteiger charge is -2.49. The molecule has 1 spiro atoms. The Labute approximate surface area is 170 Å². The second-order valence-corrected chi connectivity index (χ2v) is 9.77. The summed E-state index contributed by atoms with van der Waals surface area (Å²) in [5.74, 6) is 0.364. The Kier molecular flexibility index (Phi) is 5.30. The van der Waals surface area contributed by atoms with Crippen LogP contribution in [0.1, 0.15) is 63.4 Å². The number of amides is 1. The molecule has 1 saturated heterocycles. The van der Waals surface area contributed by atoms with Crippen LogP contribution in [0.15, 0.2) is 30.3 Å². The molecular weight excluding hydrogens is 348 g/mol. The molecule has 1 aliphatic heterocycles. The van der Waals surface area contributed by atoms with E-state index in [1.165, 1.54) is 12.0 Å². The molecule has 0 N–H and O–H groups in total. The number of ether oxygens (including phenoxy) is 1. The van der Waals surface area contributed by atoms with Gasteiger partial charge in [-0.05, 0) is 76.4 Å². The lowest BCUT2D eigenvalue weighted by Crippen LogP contribution is -2.47. The average molecular weight is 385 g/mol. The van der Waals surface area contributed by atoms with E-state index >= 15 is 0 Å². The van der Waals surface area contributed by atoms with Crippen LogP contribution in [-0.4, -0.2) is 55.6 Å². The molecule has 2 saturated carbocycles. The third kappa shape index (κ3) is 3.39. The molecule has 1 aromatic carbocycles. The number of carbonyl (C=O) groups is 1. The highest BCUT2D eigenvalue weighted by molar-refractivity contribution is 5.79. The minimum Gasteiger partial charge on any atom is -0.378 e. The summed E-state index contributed by atoms with van der Waals surface area (Å²) in [7, 11) is 6.25. The molecule has 0 unspecified atom stereocenters. The van der Waals surface area contributed by atoms with E-state index in [1.54, 1.807) is 0 Å².